The molecule has 3 aromatic heterocycles. The highest BCUT2D eigenvalue weighted by molar-refractivity contribution is 9.10. The van der Waals surface area contributed by atoms with Crippen LogP contribution in [0.1, 0.15) is 32.9 Å². The van der Waals surface area contributed by atoms with Crippen molar-refractivity contribution in [2.75, 3.05) is 5.32 Å². The Morgan fingerprint density at radius 2 is 1.79 bits per heavy atom. The van der Waals surface area contributed by atoms with Crippen LogP contribution in [0.5, 0.6) is 0 Å². The number of hydrogen-bond donors (Lipinski definition) is 1. The predicted molar refractivity (Wildman–Crippen MR) is 144 cm³/mol. The summed E-state index contributed by atoms with van der Waals surface area (Å²) in [5.41, 5.74) is 1.30. The van der Waals surface area contributed by atoms with E-state index in [9.17, 15) is 18.0 Å². The van der Waals surface area contributed by atoms with Crippen molar-refractivity contribution in [1.82, 2.24) is 24.4 Å². The van der Waals surface area contributed by atoms with Crippen LogP contribution in [0, 0.1) is 0 Å². The van der Waals surface area contributed by atoms with Crippen molar-refractivity contribution in [3.05, 3.63) is 97.5 Å². The van der Waals surface area contributed by atoms with Crippen molar-refractivity contribution in [3.63, 3.8) is 0 Å². The molecule has 0 atom stereocenters. The van der Waals surface area contributed by atoms with Crippen LogP contribution in [-0.2, 0) is 25.6 Å². The van der Waals surface area contributed by atoms with Gasteiger partial charge in [0, 0.05) is 16.1 Å². The first-order valence-electron chi connectivity index (χ1n) is 11.7. The highest BCUT2D eigenvalue weighted by atomic mass is 79.9. The number of hydrogen-bond acceptors (Lipinski definition) is 4. The van der Waals surface area contributed by atoms with Crippen LogP contribution in [0.3, 0.4) is 0 Å². The first-order chi connectivity index (χ1) is 18.6. The first-order valence-corrected chi connectivity index (χ1v) is 13.2. The molecule has 5 aromatic rings. The summed E-state index contributed by atoms with van der Waals surface area (Å²) in [4.78, 5) is 17.7. The van der Waals surface area contributed by atoms with Crippen molar-refractivity contribution in [2.24, 2.45) is 0 Å². The molecule has 0 saturated carbocycles. The van der Waals surface area contributed by atoms with Crippen LogP contribution in [0.15, 0.2) is 59.3 Å². The fourth-order valence-electron chi connectivity index (χ4n) is 4.70. The number of carbonyl (C=O) groups excluding carboxylic acids is 1. The lowest BCUT2D eigenvalue weighted by Crippen LogP contribution is -2.21. The van der Waals surface area contributed by atoms with Gasteiger partial charge in [0.25, 0.3) is 5.91 Å². The number of nitrogens with one attached hydrogen (secondary N) is 1. The van der Waals surface area contributed by atoms with Gasteiger partial charge in [-0.2, -0.15) is 23.4 Å². The number of halogens is 6. The molecule has 198 valence electrons. The normalized spacial score (nSPS) is 12.9. The molecule has 3 heterocycles. The lowest BCUT2D eigenvalue weighted by molar-refractivity contribution is -0.143. The molecule has 0 spiro atoms. The smallest absolute Gasteiger partial charge is 0.317 e. The minimum absolute atomic E-state index is 0.0195. The number of fused-ring (bicyclic) bond motifs is 4. The molecule has 1 N–H and O–H groups in total. The van der Waals surface area contributed by atoms with Crippen molar-refractivity contribution < 1.29 is 18.0 Å². The number of anilines is 1. The maximum Gasteiger partial charge on any atom is 0.433 e. The monoisotopic (exact) mass is 634 g/mol. The van der Waals surface area contributed by atoms with Crippen molar-refractivity contribution in [2.45, 2.75) is 25.6 Å². The molecule has 0 unspecified atom stereocenters. The fourth-order valence-corrected chi connectivity index (χ4v) is 5.48. The zero-order valence-corrected chi connectivity index (χ0v) is 22.8. The van der Waals surface area contributed by atoms with Gasteiger partial charge in [0.15, 0.2) is 21.6 Å². The number of rotatable bonds is 4. The van der Waals surface area contributed by atoms with Gasteiger partial charge in [0.1, 0.15) is 5.02 Å². The summed E-state index contributed by atoms with van der Waals surface area (Å²) in [5, 5.41) is 11.3. The van der Waals surface area contributed by atoms with Crippen LogP contribution in [0.4, 0.5) is 18.9 Å². The third-order valence-electron chi connectivity index (χ3n) is 6.43. The first kappa shape index (κ1) is 25.8. The van der Waals surface area contributed by atoms with Crippen molar-refractivity contribution in [1.29, 1.82) is 0 Å². The molecule has 0 saturated heterocycles. The molecule has 0 fully saturated rings. The van der Waals surface area contributed by atoms with E-state index >= 15 is 0 Å². The standard InChI is InChI=1S/C26H16BrCl2F3N6O/c27-23-18(12-37(36-23)11-13-5-8-15(28)9-6-13)33-25(39)21-19(29)24-34-20-16-4-2-1-3-14(16)7-10-17(20)22(26(30,31)32)38(24)35-21/h1-6,8-9,12H,7,10-11H2,(H,33,39). The third-order valence-corrected chi connectivity index (χ3v) is 7.61. The SMILES string of the molecule is O=C(Nc1cn(Cc2ccc(Cl)cc2)nc1Br)c1nn2c(C(F)(F)F)c3c(nc2c1Cl)-c1ccccc1CC3. The average Bonchev–Trinajstić information content (AvgIpc) is 3.41. The van der Waals surface area contributed by atoms with E-state index < -0.39 is 17.8 Å². The molecule has 0 radical (unpaired) electrons. The van der Waals surface area contributed by atoms with Gasteiger partial charge in [-0.3, -0.25) is 9.48 Å². The number of aromatic nitrogens is 5. The van der Waals surface area contributed by atoms with Gasteiger partial charge in [-0.15, -0.1) is 0 Å². The molecule has 1 aliphatic rings. The Bertz CT molecular complexity index is 1760. The molecule has 0 bridgehead atoms. The van der Waals surface area contributed by atoms with Gasteiger partial charge in [-0.1, -0.05) is 59.6 Å². The Balaban J connectivity index is 1.38. The molecule has 13 heteroatoms. The van der Waals surface area contributed by atoms with Gasteiger partial charge in [0.05, 0.1) is 24.1 Å². The number of aryl methyl sites for hydroxylation is 1. The summed E-state index contributed by atoms with van der Waals surface area (Å²) in [5.74, 6) is -0.802. The fraction of sp³-hybridized carbons (Fsp3) is 0.154. The number of nitrogens with zero attached hydrogens (tertiary/aromatic N) is 5. The maximum atomic E-state index is 14.4. The summed E-state index contributed by atoms with van der Waals surface area (Å²) in [7, 11) is 0. The second-order valence-corrected chi connectivity index (χ2v) is 10.5. The molecule has 2 aromatic carbocycles. The molecule has 0 aliphatic heterocycles. The maximum absolute atomic E-state index is 14.4. The quantitative estimate of drug-likeness (QED) is 0.229. The summed E-state index contributed by atoms with van der Waals surface area (Å²) in [6.07, 6.45) is -2.62. The molecule has 1 aliphatic carbocycles. The molecular weight excluding hydrogens is 620 g/mol. The molecular formula is C26H16BrCl2F3N6O. The summed E-state index contributed by atoms with van der Waals surface area (Å²) >= 11 is 15.7. The Morgan fingerprint density at radius 1 is 1.05 bits per heavy atom. The van der Waals surface area contributed by atoms with Crippen LogP contribution in [0.2, 0.25) is 10.0 Å². The lowest BCUT2D eigenvalue weighted by Gasteiger charge is -2.23. The van der Waals surface area contributed by atoms with Gasteiger partial charge < -0.3 is 5.32 Å². The molecule has 39 heavy (non-hydrogen) atoms. The zero-order chi connectivity index (χ0) is 27.5. The largest absolute Gasteiger partial charge is 0.433 e. The molecule has 6 rings (SSSR count). The number of amides is 1. The average molecular weight is 636 g/mol. The van der Waals surface area contributed by atoms with E-state index in [1.54, 1.807) is 35.1 Å². The number of benzene rings is 2. The highest BCUT2D eigenvalue weighted by Gasteiger charge is 2.41. The van der Waals surface area contributed by atoms with Crippen LogP contribution < -0.4 is 5.32 Å². The second-order valence-electron chi connectivity index (χ2n) is 8.95. The van der Waals surface area contributed by atoms with E-state index in [-0.39, 0.29) is 34.0 Å². The summed E-state index contributed by atoms with van der Waals surface area (Å²) < 4.78 is 45.7. The van der Waals surface area contributed by atoms with Gasteiger partial charge in [-0.25, -0.2) is 9.50 Å². The lowest BCUT2D eigenvalue weighted by atomic mass is 9.88. The molecule has 1 amide bonds. The summed E-state index contributed by atoms with van der Waals surface area (Å²) in [6, 6.07) is 14.4. The summed E-state index contributed by atoms with van der Waals surface area (Å²) in [6.45, 7) is 0.395. The van der Waals surface area contributed by atoms with E-state index in [1.807, 2.05) is 24.3 Å². The minimum Gasteiger partial charge on any atom is -0.317 e. The van der Waals surface area contributed by atoms with Gasteiger partial charge in [-0.05, 0) is 52.0 Å². The highest BCUT2D eigenvalue weighted by Crippen LogP contribution is 2.42. The van der Waals surface area contributed by atoms with Gasteiger partial charge >= 0.3 is 6.18 Å². The van der Waals surface area contributed by atoms with Gasteiger partial charge in [0.2, 0.25) is 0 Å². The van der Waals surface area contributed by atoms with E-state index in [0.717, 1.165) is 11.1 Å². The number of carbonyl (C=O) groups is 1. The third kappa shape index (κ3) is 4.68. The van der Waals surface area contributed by atoms with Crippen molar-refractivity contribution in [3.8, 4) is 11.3 Å². The van der Waals surface area contributed by atoms with Crippen LogP contribution >= 0.6 is 39.1 Å². The van der Waals surface area contributed by atoms with Crippen LogP contribution in [0.25, 0.3) is 16.9 Å². The minimum atomic E-state index is -4.76. The van der Waals surface area contributed by atoms with E-state index in [2.05, 4.69) is 36.4 Å². The van der Waals surface area contributed by atoms with Crippen molar-refractivity contribution >= 4 is 56.4 Å². The Hall–Kier alpha value is -3.41. The molecule has 7 nitrogen and oxygen atoms in total. The zero-order valence-electron chi connectivity index (χ0n) is 19.7. The Labute approximate surface area is 237 Å². The predicted octanol–water partition coefficient (Wildman–Crippen LogP) is 7.08. The Morgan fingerprint density at radius 3 is 2.54 bits per heavy atom. The topological polar surface area (TPSA) is 77.1 Å². The Kier molecular flexibility index (Phi) is 6.40. The number of alkyl halides is 3. The van der Waals surface area contributed by atoms with Crippen LogP contribution in [-0.4, -0.2) is 30.3 Å². The van der Waals surface area contributed by atoms with E-state index in [1.165, 1.54) is 0 Å². The van der Waals surface area contributed by atoms with E-state index in [0.29, 0.717) is 38.4 Å². The van der Waals surface area contributed by atoms with E-state index in [4.69, 9.17) is 23.2 Å². The second kappa shape index (κ2) is 9.65.